The van der Waals surface area contributed by atoms with Crippen LogP contribution in [0.25, 0.3) is 10.8 Å². The third kappa shape index (κ3) is 4.66. The zero-order valence-electron chi connectivity index (χ0n) is 16.7. The van der Waals surface area contributed by atoms with Crippen LogP contribution >= 0.6 is 12.2 Å². The molecule has 5 nitrogen and oxygen atoms in total. The number of amides is 1. The number of nitrogens with one attached hydrogen (secondary N) is 2. The summed E-state index contributed by atoms with van der Waals surface area (Å²) in [5, 5.41) is 17.7. The van der Waals surface area contributed by atoms with E-state index in [1.54, 1.807) is 12.1 Å². The second-order valence-corrected chi connectivity index (χ2v) is 7.30. The van der Waals surface area contributed by atoms with Crippen LogP contribution in [-0.4, -0.2) is 23.2 Å². The van der Waals surface area contributed by atoms with Crippen LogP contribution in [0, 0.1) is 0 Å². The van der Waals surface area contributed by atoms with Gasteiger partial charge in [-0.1, -0.05) is 44.2 Å². The van der Waals surface area contributed by atoms with Gasteiger partial charge in [-0.05, 0) is 65.2 Å². The van der Waals surface area contributed by atoms with Gasteiger partial charge < -0.3 is 15.2 Å². The van der Waals surface area contributed by atoms with Crippen LogP contribution in [0.15, 0.2) is 54.6 Å². The third-order valence-corrected chi connectivity index (χ3v) is 5.19. The molecule has 0 saturated heterocycles. The summed E-state index contributed by atoms with van der Waals surface area (Å²) in [6.07, 6.45) is 0.979. The van der Waals surface area contributed by atoms with Crippen molar-refractivity contribution in [1.82, 2.24) is 5.32 Å². The standard InChI is InChI=1S/C23H24N2O3S/c1-4-14(2)15-9-10-20(26)19(12-15)24-23(29)25-22(27)18-11-16-7-5-6-8-17(16)13-21(18)28-3/h5-14,26H,4H2,1-3H3,(H2,24,25,27,29)/t14-/m0/s1. The predicted octanol–water partition coefficient (Wildman–Crippen LogP) is 5.19. The number of rotatable bonds is 5. The zero-order valence-corrected chi connectivity index (χ0v) is 17.5. The number of phenols is 1. The molecule has 3 aromatic rings. The quantitative estimate of drug-likeness (QED) is 0.400. The van der Waals surface area contributed by atoms with Crippen molar-refractivity contribution in [1.29, 1.82) is 0 Å². The van der Waals surface area contributed by atoms with Crippen molar-refractivity contribution in [2.45, 2.75) is 26.2 Å². The maximum Gasteiger partial charge on any atom is 0.261 e. The fourth-order valence-corrected chi connectivity index (χ4v) is 3.29. The Hall–Kier alpha value is -3.12. The summed E-state index contributed by atoms with van der Waals surface area (Å²) in [5.74, 6) is 0.492. The van der Waals surface area contributed by atoms with Gasteiger partial charge >= 0.3 is 0 Å². The van der Waals surface area contributed by atoms with Gasteiger partial charge in [0.1, 0.15) is 11.5 Å². The fourth-order valence-electron chi connectivity index (χ4n) is 3.09. The van der Waals surface area contributed by atoms with Crippen LogP contribution in [0.2, 0.25) is 0 Å². The average molecular weight is 409 g/mol. The van der Waals surface area contributed by atoms with E-state index in [1.807, 2.05) is 42.5 Å². The Morgan fingerprint density at radius 1 is 1.14 bits per heavy atom. The predicted molar refractivity (Wildman–Crippen MR) is 121 cm³/mol. The van der Waals surface area contributed by atoms with Gasteiger partial charge in [0.25, 0.3) is 5.91 Å². The van der Waals surface area contributed by atoms with Crippen molar-refractivity contribution in [3.8, 4) is 11.5 Å². The molecule has 0 radical (unpaired) electrons. The van der Waals surface area contributed by atoms with Gasteiger partial charge in [-0.2, -0.15) is 0 Å². The van der Waals surface area contributed by atoms with Crippen molar-refractivity contribution in [2.75, 3.05) is 12.4 Å². The molecule has 150 valence electrons. The average Bonchev–Trinajstić information content (AvgIpc) is 2.73. The van der Waals surface area contributed by atoms with Gasteiger partial charge in [0.05, 0.1) is 18.4 Å². The normalized spacial score (nSPS) is 11.7. The van der Waals surface area contributed by atoms with Crippen LogP contribution in [0.5, 0.6) is 11.5 Å². The Kier molecular flexibility index (Phi) is 6.34. The fraction of sp³-hybridized carbons (Fsp3) is 0.217. The maximum absolute atomic E-state index is 12.8. The number of hydrogen-bond donors (Lipinski definition) is 3. The SMILES string of the molecule is CC[C@H](C)c1ccc(O)c(NC(=S)NC(=O)c2cc3ccccc3cc2OC)c1. The van der Waals surface area contributed by atoms with Gasteiger partial charge in [-0.15, -0.1) is 0 Å². The number of phenolic OH excluding ortho intramolecular Hbond substituents is 1. The topological polar surface area (TPSA) is 70.6 Å². The molecule has 0 heterocycles. The molecule has 0 aliphatic carbocycles. The molecule has 0 aliphatic rings. The Morgan fingerprint density at radius 2 is 1.83 bits per heavy atom. The minimum Gasteiger partial charge on any atom is -0.506 e. The molecule has 3 rings (SSSR count). The molecule has 29 heavy (non-hydrogen) atoms. The summed E-state index contributed by atoms with van der Waals surface area (Å²) < 4.78 is 5.38. The van der Waals surface area contributed by atoms with Crippen molar-refractivity contribution >= 4 is 39.7 Å². The Labute approximate surface area is 175 Å². The van der Waals surface area contributed by atoms with Crippen molar-refractivity contribution < 1.29 is 14.6 Å². The number of carbonyl (C=O) groups is 1. The molecule has 1 atom stereocenters. The molecule has 3 aromatic carbocycles. The molecule has 1 amide bonds. The van der Waals surface area contributed by atoms with E-state index in [-0.39, 0.29) is 16.8 Å². The summed E-state index contributed by atoms with van der Waals surface area (Å²) >= 11 is 5.29. The minimum atomic E-state index is -0.386. The molecular formula is C23H24N2O3S. The van der Waals surface area contributed by atoms with E-state index in [2.05, 4.69) is 24.5 Å². The summed E-state index contributed by atoms with van der Waals surface area (Å²) in [7, 11) is 1.52. The molecule has 3 N–H and O–H groups in total. The molecule has 6 heteroatoms. The van der Waals surface area contributed by atoms with Crippen LogP contribution in [0.1, 0.15) is 42.1 Å². The molecule has 0 aromatic heterocycles. The van der Waals surface area contributed by atoms with Gasteiger partial charge in [0.2, 0.25) is 0 Å². The largest absolute Gasteiger partial charge is 0.506 e. The second kappa shape index (κ2) is 8.92. The number of hydrogen-bond acceptors (Lipinski definition) is 4. The molecular weight excluding hydrogens is 384 g/mol. The number of methoxy groups -OCH3 is 1. The number of aromatic hydroxyl groups is 1. The Balaban J connectivity index is 1.79. The summed E-state index contributed by atoms with van der Waals surface area (Å²) in [6, 6.07) is 16.7. The van der Waals surface area contributed by atoms with Crippen LogP contribution < -0.4 is 15.4 Å². The van der Waals surface area contributed by atoms with Gasteiger partial charge in [-0.25, -0.2) is 0 Å². The van der Waals surface area contributed by atoms with Crippen molar-refractivity contribution in [3.05, 3.63) is 65.7 Å². The van der Waals surface area contributed by atoms with E-state index < -0.39 is 0 Å². The zero-order chi connectivity index (χ0) is 21.0. The summed E-state index contributed by atoms with van der Waals surface area (Å²) in [4.78, 5) is 12.8. The Bertz CT molecular complexity index is 1070. The highest BCUT2D eigenvalue weighted by Gasteiger charge is 2.16. The van der Waals surface area contributed by atoms with Crippen LogP contribution in [0.4, 0.5) is 5.69 Å². The third-order valence-electron chi connectivity index (χ3n) is 4.99. The van der Waals surface area contributed by atoms with E-state index >= 15 is 0 Å². The number of fused-ring (bicyclic) bond motifs is 1. The molecule has 0 spiro atoms. The van der Waals surface area contributed by atoms with E-state index in [9.17, 15) is 9.90 Å². The van der Waals surface area contributed by atoms with Crippen LogP contribution in [-0.2, 0) is 0 Å². The van der Waals surface area contributed by atoms with E-state index in [4.69, 9.17) is 17.0 Å². The van der Waals surface area contributed by atoms with Gasteiger partial charge in [-0.3, -0.25) is 10.1 Å². The number of benzene rings is 3. The molecule has 0 unspecified atom stereocenters. The first-order chi connectivity index (χ1) is 13.9. The Morgan fingerprint density at radius 3 is 2.48 bits per heavy atom. The first kappa shape index (κ1) is 20.6. The molecule has 0 aliphatic heterocycles. The van der Waals surface area contributed by atoms with E-state index in [0.717, 1.165) is 22.8 Å². The van der Waals surface area contributed by atoms with Crippen LogP contribution in [0.3, 0.4) is 0 Å². The molecule has 0 bridgehead atoms. The monoisotopic (exact) mass is 408 g/mol. The molecule has 0 fully saturated rings. The first-order valence-electron chi connectivity index (χ1n) is 9.45. The van der Waals surface area contributed by atoms with Gasteiger partial charge in [0, 0.05) is 0 Å². The van der Waals surface area contributed by atoms with Gasteiger partial charge in [0.15, 0.2) is 5.11 Å². The van der Waals surface area contributed by atoms with E-state index in [1.165, 1.54) is 7.11 Å². The number of thiocarbonyl (C=S) groups is 1. The number of carbonyl (C=O) groups excluding carboxylic acids is 1. The van der Waals surface area contributed by atoms with Crippen molar-refractivity contribution in [2.24, 2.45) is 0 Å². The highest BCUT2D eigenvalue weighted by atomic mass is 32.1. The minimum absolute atomic E-state index is 0.0666. The number of ether oxygens (including phenoxy) is 1. The lowest BCUT2D eigenvalue weighted by molar-refractivity contribution is 0.0975. The lowest BCUT2D eigenvalue weighted by atomic mass is 9.98. The highest BCUT2D eigenvalue weighted by molar-refractivity contribution is 7.80. The first-order valence-corrected chi connectivity index (χ1v) is 9.85. The molecule has 0 saturated carbocycles. The maximum atomic E-state index is 12.8. The number of anilines is 1. The lowest BCUT2D eigenvalue weighted by Gasteiger charge is -2.15. The van der Waals surface area contributed by atoms with Crippen molar-refractivity contribution in [3.63, 3.8) is 0 Å². The smallest absolute Gasteiger partial charge is 0.261 e. The summed E-state index contributed by atoms with van der Waals surface area (Å²) in [6.45, 7) is 4.22. The summed E-state index contributed by atoms with van der Waals surface area (Å²) in [5.41, 5.74) is 1.92. The lowest BCUT2D eigenvalue weighted by Crippen LogP contribution is -2.34. The second-order valence-electron chi connectivity index (χ2n) is 6.89. The van der Waals surface area contributed by atoms with E-state index in [0.29, 0.717) is 22.9 Å². The highest BCUT2D eigenvalue weighted by Crippen LogP contribution is 2.29.